The van der Waals surface area contributed by atoms with Gasteiger partial charge in [-0.05, 0) is 164 Å². The van der Waals surface area contributed by atoms with Crippen LogP contribution in [0.5, 0.6) is 5.75 Å². The first-order valence-electron chi connectivity index (χ1n) is 21.5. The lowest BCUT2D eigenvalue weighted by Gasteiger charge is -2.09. The number of carbonyl (C=O) groups is 1. The number of nitrogens with one attached hydrogen (secondary N) is 1. The molecular formula is C49H39N9O14S4. The molecule has 23 nitrogen and oxygen atoms in total. The summed E-state index contributed by atoms with van der Waals surface area (Å²) in [6.07, 6.45) is 0. The highest BCUT2D eigenvalue weighted by atomic mass is 32.2. The molecule has 0 saturated carbocycles. The number of hydrogen-bond acceptors (Lipinski definition) is 20. The lowest BCUT2D eigenvalue weighted by atomic mass is 10.1. The molecule has 0 atom stereocenters. The van der Waals surface area contributed by atoms with Gasteiger partial charge in [-0.25, -0.2) is 0 Å². The van der Waals surface area contributed by atoms with Crippen LogP contribution in [0.25, 0.3) is 21.5 Å². The number of carbonyl (C=O) groups excluding carboxylic acids is 1. The molecule has 4 N–H and O–H groups in total. The average molecular weight is 1110 g/mol. The third-order valence-corrected chi connectivity index (χ3v) is 12.5. The molecule has 0 bridgehead atoms. The van der Waals surface area contributed by atoms with E-state index in [1.54, 1.807) is 91.9 Å². The van der Waals surface area contributed by atoms with Crippen LogP contribution in [0.3, 0.4) is 0 Å². The highest BCUT2D eigenvalue weighted by Gasteiger charge is 2.21. The summed E-state index contributed by atoms with van der Waals surface area (Å²) in [6.45, 7) is 7.35. The van der Waals surface area contributed by atoms with Crippen LogP contribution in [0.2, 0.25) is 0 Å². The Morgan fingerprint density at radius 2 is 0.895 bits per heavy atom. The van der Waals surface area contributed by atoms with E-state index in [1.807, 2.05) is 45.0 Å². The van der Waals surface area contributed by atoms with E-state index in [-0.39, 0.29) is 33.8 Å². The number of aromatic hydroxyl groups is 1. The molecule has 0 unspecified atom stereocenters. The molecule has 76 heavy (non-hydrogen) atoms. The molecule has 0 heterocycles. The number of anilines is 1. The molecule has 0 spiro atoms. The van der Waals surface area contributed by atoms with Gasteiger partial charge in [-0.15, -0.1) is 35.5 Å². The van der Waals surface area contributed by atoms with E-state index >= 15 is 0 Å². The lowest BCUT2D eigenvalue weighted by Crippen LogP contribution is -2.11. The molecule has 0 aromatic heterocycles. The summed E-state index contributed by atoms with van der Waals surface area (Å²) in [5.74, 6) is -0.272. The van der Waals surface area contributed by atoms with Crippen LogP contribution in [0, 0.1) is 27.7 Å². The third-order valence-electron chi connectivity index (χ3n) is 10.7. The van der Waals surface area contributed by atoms with Gasteiger partial charge in [-0.1, -0.05) is 36.4 Å². The molecule has 388 valence electrons. The Kier molecular flexibility index (Phi) is 18.1. The van der Waals surface area contributed by atoms with Crippen molar-refractivity contribution < 1.29 is 61.1 Å². The van der Waals surface area contributed by atoms with Gasteiger partial charge in [0.1, 0.15) is 21.2 Å². The van der Waals surface area contributed by atoms with Crippen molar-refractivity contribution in [2.24, 2.45) is 40.9 Å². The average Bonchev–Trinajstić information content (AvgIpc) is 3.35. The van der Waals surface area contributed by atoms with E-state index < -0.39 is 51.2 Å². The monoisotopic (exact) mass is 1110 g/mol. The Labute approximate surface area is 435 Å². The second-order valence-corrected chi connectivity index (χ2v) is 19.6. The molecule has 0 radical (unpaired) electrons. The number of fused-ring (bicyclic) bond motifs is 2. The Bertz CT molecular complexity index is 4160. The topological polar surface area (TPSA) is 359 Å². The van der Waals surface area contributed by atoms with E-state index in [0.29, 0.717) is 56.3 Å². The molecule has 8 aromatic carbocycles. The minimum Gasteiger partial charge on any atom is -0.505 e. The van der Waals surface area contributed by atoms with E-state index in [4.69, 9.17) is 25.3 Å². The lowest BCUT2D eigenvalue weighted by molar-refractivity contribution is 0.102. The van der Waals surface area contributed by atoms with Crippen LogP contribution in [0.15, 0.2) is 190 Å². The number of benzene rings is 8. The number of rotatable bonds is 12. The number of phenols is 1. The number of aryl methyl sites for hydroxylation is 4. The summed E-state index contributed by atoms with van der Waals surface area (Å²) < 4.78 is 119. The minimum absolute atomic E-state index is 0.0147. The van der Waals surface area contributed by atoms with Gasteiger partial charge in [-0.3, -0.25) is 13.9 Å². The normalized spacial score (nSPS) is 11.7. The van der Waals surface area contributed by atoms with Crippen molar-refractivity contribution in [2.45, 2.75) is 37.5 Å². The van der Waals surface area contributed by atoms with Crippen molar-refractivity contribution >= 4 is 120 Å². The van der Waals surface area contributed by atoms with Crippen molar-refractivity contribution in [1.29, 1.82) is 0 Å². The van der Waals surface area contributed by atoms with Gasteiger partial charge in [0.15, 0.2) is 5.75 Å². The Hall–Kier alpha value is -8.99. The largest absolute Gasteiger partial charge is 0.505 e. The fourth-order valence-electron chi connectivity index (χ4n) is 7.10. The summed E-state index contributed by atoms with van der Waals surface area (Å²) >= 11 is 0. The SMILES string of the molecule is Cc1cc(N=Nc2cc(C)c(N=Nc3ccc4cc(NC(=O)c5ccccc5)ccc4c3O)cc2C)ccc1N=Nc1ccc(N=Nc2cc3c(S(=O)(=O)O)cccc3cc2S(=O)(=O)O)c(C)c1.O=S(=O)=O.O=S(=O)=O. The molecule has 0 aliphatic heterocycles. The number of nitrogens with zero attached hydrogens (tertiary/aromatic N) is 8. The highest BCUT2D eigenvalue weighted by molar-refractivity contribution is 7.86. The highest BCUT2D eigenvalue weighted by Crippen LogP contribution is 2.39. The first-order chi connectivity index (χ1) is 35.9. The molecule has 1 amide bonds. The van der Waals surface area contributed by atoms with Gasteiger partial charge in [0.2, 0.25) is 0 Å². The van der Waals surface area contributed by atoms with E-state index in [2.05, 4.69) is 46.2 Å². The van der Waals surface area contributed by atoms with Crippen molar-refractivity contribution in [2.75, 3.05) is 5.32 Å². The maximum absolute atomic E-state index is 12.6. The molecule has 0 saturated heterocycles. The van der Waals surface area contributed by atoms with Gasteiger partial charge < -0.3 is 10.4 Å². The number of amides is 1. The maximum Gasteiger partial charge on any atom is 0.425 e. The molecule has 0 aliphatic rings. The van der Waals surface area contributed by atoms with Crippen molar-refractivity contribution in [3.63, 3.8) is 0 Å². The molecule has 0 fully saturated rings. The van der Waals surface area contributed by atoms with E-state index in [0.717, 1.165) is 40.3 Å². The number of phenolic OH excluding ortho intramolecular Hbond substituents is 1. The van der Waals surface area contributed by atoms with Crippen molar-refractivity contribution in [3.05, 3.63) is 167 Å². The van der Waals surface area contributed by atoms with Crippen LogP contribution in [0.1, 0.15) is 32.6 Å². The second-order valence-electron chi connectivity index (χ2n) is 16.0. The van der Waals surface area contributed by atoms with Gasteiger partial charge >= 0.3 is 21.2 Å². The quantitative estimate of drug-likeness (QED) is 0.0653. The first-order valence-corrected chi connectivity index (χ1v) is 26.4. The van der Waals surface area contributed by atoms with Gasteiger partial charge in [-0.2, -0.15) is 47.5 Å². The summed E-state index contributed by atoms with van der Waals surface area (Å²) in [5, 5.41) is 50.0. The van der Waals surface area contributed by atoms with Crippen LogP contribution in [-0.2, 0) is 41.5 Å². The Morgan fingerprint density at radius 3 is 1.43 bits per heavy atom. The summed E-state index contributed by atoms with van der Waals surface area (Å²) in [6, 6.07) is 37.6. The van der Waals surface area contributed by atoms with Crippen LogP contribution in [0.4, 0.5) is 51.2 Å². The standard InChI is InChI=1S/C49H39N9O8S2.2O3S/c1-28-21-37(15-19-40(28)53-51-36-16-20-41(29(2)22-36)54-58-45-27-39-33(26-47(45)68(64,65)66)11-8-12-46(39)67(61,62)63)52-56-43-23-31(4)44(24-30(43)3)57-55-42-18-13-34-25-35(14-17-38(34)48(42)59)50-49(60)32-9-6-5-7-10-32;2*1-4(2)3/h5-27,59H,1-4H3,(H,50,60)(H,61,62,63)(H,64,65,66);;. The zero-order valence-corrected chi connectivity index (χ0v) is 43.1. The molecule has 0 aliphatic carbocycles. The van der Waals surface area contributed by atoms with Crippen LogP contribution >= 0.6 is 0 Å². The second kappa shape index (κ2) is 24.4. The molecule has 8 rings (SSSR count). The molecule has 27 heteroatoms. The van der Waals surface area contributed by atoms with E-state index in [1.165, 1.54) is 12.1 Å². The summed E-state index contributed by atoms with van der Waals surface area (Å²) in [7, 11) is -15.7. The predicted octanol–water partition coefficient (Wildman–Crippen LogP) is 12.3. The minimum atomic E-state index is -4.80. The van der Waals surface area contributed by atoms with Crippen molar-refractivity contribution in [3.8, 4) is 5.75 Å². The summed E-state index contributed by atoms with van der Waals surface area (Å²) in [4.78, 5) is 11.6. The number of azo groups is 4. The molecular weight excluding hydrogens is 1070 g/mol. The van der Waals surface area contributed by atoms with Gasteiger partial charge in [0.25, 0.3) is 26.1 Å². The molecule has 8 aromatic rings. The zero-order valence-electron chi connectivity index (χ0n) is 39.8. The van der Waals surface area contributed by atoms with Crippen LogP contribution in [-0.4, -0.2) is 62.2 Å². The fraction of sp³-hybridized carbons (Fsp3) is 0.0816. The van der Waals surface area contributed by atoms with Gasteiger partial charge in [0.05, 0.1) is 34.1 Å². The maximum atomic E-state index is 12.6. The smallest absolute Gasteiger partial charge is 0.425 e. The van der Waals surface area contributed by atoms with Crippen LogP contribution < -0.4 is 5.32 Å². The van der Waals surface area contributed by atoms with Gasteiger partial charge in [0, 0.05) is 22.0 Å². The fourth-order valence-corrected chi connectivity index (χ4v) is 8.44. The Morgan fingerprint density at radius 1 is 0.434 bits per heavy atom. The van der Waals surface area contributed by atoms with E-state index in [9.17, 15) is 35.8 Å². The Balaban J connectivity index is 0.00000109. The first kappa shape index (κ1) is 56.3. The summed E-state index contributed by atoms with van der Waals surface area (Å²) in [5.41, 5.74) is 7.25. The number of hydrogen-bond donors (Lipinski definition) is 4. The third kappa shape index (κ3) is 15.1. The van der Waals surface area contributed by atoms with Crippen molar-refractivity contribution in [1.82, 2.24) is 0 Å². The zero-order chi connectivity index (χ0) is 55.5. The predicted molar refractivity (Wildman–Crippen MR) is 278 cm³/mol.